The number of hydrogen-bond donors (Lipinski definition) is 0. The van der Waals surface area contributed by atoms with Crippen LogP contribution in [0, 0.1) is 6.92 Å². The zero-order valence-electron chi connectivity index (χ0n) is 16.7. The molecule has 0 bridgehead atoms. The predicted molar refractivity (Wildman–Crippen MR) is 127 cm³/mol. The van der Waals surface area contributed by atoms with E-state index >= 15 is 0 Å². The van der Waals surface area contributed by atoms with Gasteiger partial charge in [-0.05, 0) is 63.7 Å². The Morgan fingerprint density at radius 1 is 0.467 bits per heavy atom. The molecule has 0 saturated heterocycles. The monoisotopic (exact) mass is 384 g/mol. The van der Waals surface area contributed by atoms with Crippen LogP contribution in [0.5, 0.6) is 0 Å². The Balaban J connectivity index is 1.45. The molecule has 1 aromatic heterocycles. The third kappa shape index (κ3) is 2.63. The summed E-state index contributed by atoms with van der Waals surface area (Å²) >= 11 is 0. The van der Waals surface area contributed by atoms with Gasteiger partial charge in [0.25, 0.3) is 0 Å². The Morgan fingerprint density at radius 2 is 1.10 bits per heavy atom. The summed E-state index contributed by atoms with van der Waals surface area (Å²) in [4.78, 5) is 0. The molecule has 6 aromatic rings. The lowest BCUT2D eigenvalue weighted by Crippen LogP contribution is -1.85. The van der Waals surface area contributed by atoms with Gasteiger partial charge >= 0.3 is 0 Å². The van der Waals surface area contributed by atoms with Crippen LogP contribution >= 0.6 is 0 Å². The third-order valence-electron chi connectivity index (χ3n) is 6.05. The van der Waals surface area contributed by atoms with Crippen LogP contribution in [-0.2, 0) is 0 Å². The summed E-state index contributed by atoms with van der Waals surface area (Å²) < 4.78 is 5.97. The highest BCUT2D eigenvalue weighted by atomic mass is 16.3. The average molecular weight is 384 g/mol. The van der Waals surface area contributed by atoms with Crippen LogP contribution in [0.4, 0.5) is 0 Å². The largest absolute Gasteiger partial charge is 0.456 e. The van der Waals surface area contributed by atoms with E-state index in [1.807, 2.05) is 12.1 Å². The lowest BCUT2D eigenvalue weighted by Gasteiger charge is -2.10. The van der Waals surface area contributed by atoms with Gasteiger partial charge in [0.1, 0.15) is 11.2 Å². The minimum atomic E-state index is 0.933. The van der Waals surface area contributed by atoms with Gasteiger partial charge in [-0.25, -0.2) is 0 Å². The van der Waals surface area contributed by atoms with Crippen LogP contribution in [0.15, 0.2) is 108 Å². The van der Waals surface area contributed by atoms with Crippen LogP contribution in [0.25, 0.3) is 55.0 Å². The maximum atomic E-state index is 5.97. The zero-order chi connectivity index (χ0) is 20.1. The first-order valence-corrected chi connectivity index (χ1v) is 10.3. The molecule has 0 unspecified atom stereocenters. The number of fused-ring (bicyclic) bond motifs is 4. The second-order valence-corrected chi connectivity index (χ2v) is 7.86. The highest BCUT2D eigenvalue weighted by molar-refractivity contribution is 6.06. The molecule has 0 atom stereocenters. The summed E-state index contributed by atoms with van der Waals surface area (Å²) in [7, 11) is 0. The number of rotatable bonds is 2. The molecule has 0 spiro atoms. The summed E-state index contributed by atoms with van der Waals surface area (Å²) in [6.07, 6.45) is 0. The van der Waals surface area contributed by atoms with Gasteiger partial charge in [-0.3, -0.25) is 0 Å². The van der Waals surface area contributed by atoms with Crippen LogP contribution in [0.2, 0.25) is 0 Å². The summed E-state index contributed by atoms with van der Waals surface area (Å²) in [5.41, 5.74) is 8.11. The molecule has 0 aliphatic carbocycles. The Hall–Kier alpha value is -3.84. The van der Waals surface area contributed by atoms with Crippen molar-refractivity contribution in [3.05, 3.63) is 109 Å². The second kappa shape index (κ2) is 6.60. The molecule has 1 nitrogen and oxygen atoms in total. The summed E-state index contributed by atoms with van der Waals surface area (Å²) in [5, 5.41) is 4.95. The van der Waals surface area contributed by atoms with E-state index in [2.05, 4.69) is 97.9 Å². The maximum Gasteiger partial charge on any atom is 0.135 e. The number of aryl methyl sites for hydroxylation is 1. The first-order chi connectivity index (χ1) is 14.8. The van der Waals surface area contributed by atoms with E-state index in [9.17, 15) is 0 Å². The molecule has 1 heteroatoms. The van der Waals surface area contributed by atoms with Gasteiger partial charge in [0.2, 0.25) is 0 Å². The van der Waals surface area contributed by atoms with Gasteiger partial charge in [-0.2, -0.15) is 0 Å². The van der Waals surface area contributed by atoms with Crippen molar-refractivity contribution in [2.75, 3.05) is 0 Å². The van der Waals surface area contributed by atoms with E-state index in [1.54, 1.807) is 0 Å². The summed E-state index contributed by atoms with van der Waals surface area (Å²) in [5.74, 6) is 0. The lowest BCUT2D eigenvalue weighted by atomic mass is 9.94. The van der Waals surface area contributed by atoms with Crippen LogP contribution in [-0.4, -0.2) is 0 Å². The van der Waals surface area contributed by atoms with Gasteiger partial charge in [-0.15, -0.1) is 0 Å². The van der Waals surface area contributed by atoms with E-state index < -0.39 is 0 Å². The zero-order valence-corrected chi connectivity index (χ0v) is 16.7. The summed E-state index contributed by atoms with van der Waals surface area (Å²) in [6.45, 7) is 2.17. The van der Waals surface area contributed by atoms with Crippen molar-refractivity contribution in [1.29, 1.82) is 0 Å². The number of hydrogen-bond acceptors (Lipinski definition) is 1. The van der Waals surface area contributed by atoms with Gasteiger partial charge < -0.3 is 4.42 Å². The molecule has 0 aliphatic rings. The van der Waals surface area contributed by atoms with Crippen LogP contribution in [0.1, 0.15) is 5.56 Å². The van der Waals surface area contributed by atoms with Crippen molar-refractivity contribution in [2.24, 2.45) is 0 Å². The fourth-order valence-corrected chi connectivity index (χ4v) is 4.45. The SMILES string of the molecule is Cc1ccc(-c2ccc(-c3ccc4oc5ccccc5c4c3)cc2)c2ccccc12. The molecule has 0 N–H and O–H groups in total. The minimum absolute atomic E-state index is 0.933. The standard InChI is InChI=1S/C29H20O/c1-19-10-16-24(25-7-3-2-6-23(19)25)21-13-11-20(12-14-21)22-15-17-29-27(18-22)26-8-4-5-9-28(26)30-29/h2-18H,1H3. The van der Waals surface area contributed by atoms with E-state index in [1.165, 1.54) is 38.6 Å². The van der Waals surface area contributed by atoms with Crippen LogP contribution < -0.4 is 0 Å². The van der Waals surface area contributed by atoms with E-state index in [0.717, 1.165) is 21.9 Å². The quantitative estimate of drug-likeness (QED) is 0.292. The number of benzene rings is 5. The second-order valence-electron chi connectivity index (χ2n) is 7.86. The Bertz CT molecular complexity index is 1530. The van der Waals surface area contributed by atoms with Crippen molar-refractivity contribution < 1.29 is 4.42 Å². The lowest BCUT2D eigenvalue weighted by molar-refractivity contribution is 0.669. The molecule has 0 radical (unpaired) electrons. The first kappa shape index (κ1) is 17.1. The maximum absolute atomic E-state index is 5.97. The van der Waals surface area contributed by atoms with E-state index in [0.29, 0.717) is 0 Å². The summed E-state index contributed by atoms with van der Waals surface area (Å²) in [6, 6.07) is 36.6. The molecular formula is C29H20O. The third-order valence-corrected chi connectivity index (χ3v) is 6.05. The van der Waals surface area contributed by atoms with Crippen molar-refractivity contribution in [3.63, 3.8) is 0 Å². The van der Waals surface area contributed by atoms with E-state index in [4.69, 9.17) is 4.42 Å². The average Bonchev–Trinajstić information content (AvgIpc) is 3.18. The highest BCUT2D eigenvalue weighted by Gasteiger charge is 2.09. The molecular weight excluding hydrogens is 364 g/mol. The van der Waals surface area contributed by atoms with Gasteiger partial charge in [0, 0.05) is 10.8 Å². The van der Waals surface area contributed by atoms with Crippen LogP contribution in [0.3, 0.4) is 0 Å². The topological polar surface area (TPSA) is 13.1 Å². The van der Waals surface area contributed by atoms with Crippen molar-refractivity contribution in [2.45, 2.75) is 6.92 Å². The van der Waals surface area contributed by atoms with Crippen molar-refractivity contribution in [3.8, 4) is 22.3 Å². The van der Waals surface area contributed by atoms with Crippen molar-refractivity contribution in [1.82, 2.24) is 0 Å². The number of furan rings is 1. The number of para-hydroxylation sites is 1. The Morgan fingerprint density at radius 3 is 1.93 bits per heavy atom. The Labute approximate surface area is 175 Å². The predicted octanol–water partition coefficient (Wildman–Crippen LogP) is 8.38. The molecule has 6 rings (SSSR count). The fraction of sp³-hybridized carbons (Fsp3) is 0.0345. The van der Waals surface area contributed by atoms with Gasteiger partial charge in [0.05, 0.1) is 0 Å². The molecule has 0 aliphatic heterocycles. The highest BCUT2D eigenvalue weighted by Crippen LogP contribution is 2.34. The molecule has 1 heterocycles. The van der Waals surface area contributed by atoms with Gasteiger partial charge in [-0.1, -0.05) is 84.9 Å². The molecule has 0 saturated carbocycles. The molecule has 0 amide bonds. The Kier molecular flexibility index (Phi) is 3.75. The van der Waals surface area contributed by atoms with E-state index in [-0.39, 0.29) is 0 Å². The van der Waals surface area contributed by atoms with Crippen molar-refractivity contribution >= 4 is 32.7 Å². The molecule has 30 heavy (non-hydrogen) atoms. The first-order valence-electron chi connectivity index (χ1n) is 10.3. The minimum Gasteiger partial charge on any atom is -0.456 e. The molecule has 0 fully saturated rings. The molecule has 142 valence electrons. The normalized spacial score (nSPS) is 11.5. The smallest absolute Gasteiger partial charge is 0.135 e. The van der Waals surface area contributed by atoms with Gasteiger partial charge in [0.15, 0.2) is 0 Å². The fourth-order valence-electron chi connectivity index (χ4n) is 4.45. The molecule has 5 aromatic carbocycles.